The Kier molecular flexibility index (Phi) is 4.42. The molecule has 2 aromatic rings. The van der Waals surface area contributed by atoms with Crippen LogP contribution in [0.15, 0.2) is 10.5 Å². The van der Waals surface area contributed by atoms with Crippen molar-refractivity contribution in [2.75, 3.05) is 31.1 Å². The van der Waals surface area contributed by atoms with Crippen molar-refractivity contribution in [1.82, 2.24) is 25.1 Å². The molecule has 2 aromatic heterocycles. The molecular formula is C19H28N6O. The summed E-state index contributed by atoms with van der Waals surface area (Å²) in [6, 6.07) is 2.18. The van der Waals surface area contributed by atoms with Gasteiger partial charge >= 0.3 is 0 Å². The highest BCUT2D eigenvalue weighted by molar-refractivity contribution is 5.42. The Morgan fingerprint density at radius 1 is 1.08 bits per heavy atom. The Balaban J connectivity index is 1.46. The van der Waals surface area contributed by atoms with Crippen molar-refractivity contribution >= 4 is 5.82 Å². The van der Waals surface area contributed by atoms with Gasteiger partial charge in [-0.05, 0) is 12.8 Å². The molecule has 0 aromatic carbocycles. The van der Waals surface area contributed by atoms with Crippen LogP contribution in [-0.2, 0) is 12.0 Å². The zero-order valence-electron chi connectivity index (χ0n) is 16.2. The fourth-order valence-electron chi connectivity index (χ4n) is 3.25. The van der Waals surface area contributed by atoms with Crippen molar-refractivity contribution in [3.8, 4) is 0 Å². The SMILES string of the molecule is Cc1nnc(CN2CCN(c3cc(C(C)(C)C)nc(C4CC4)n3)CC2)o1. The minimum Gasteiger partial charge on any atom is -0.424 e. The van der Waals surface area contributed by atoms with Crippen molar-refractivity contribution < 1.29 is 4.42 Å². The van der Waals surface area contributed by atoms with Gasteiger partial charge in [-0.3, -0.25) is 4.90 Å². The molecule has 0 radical (unpaired) electrons. The van der Waals surface area contributed by atoms with E-state index in [0.717, 1.165) is 50.1 Å². The second-order valence-corrected chi connectivity index (χ2v) is 8.47. The lowest BCUT2D eigenvalue weighted by atomic mass is 9.91. The molecule has 1 aliphatic carbocycles. The molecule has 0 bridgehead atoms. The first-order valence-corrected chi connectivity index (χ1v) is 9.54. The summed E-state index contributed by atoms with van der Waals surface area (Å²) in [6.07, 6.45) is 2.45. The molecule has 4 rings (SSSR count). The second kappa shape index (κ2) is 6.61. The van der Waals surface area contributed by atoms with Crippen LogP contribution in [0.3, 0.4) is 0 Å². The van der Waals surface area contributed by atoms with Crippen LogP contribution < -0.4 is 4.90 Å². The molecule has 7 heteroatoms. The molecule has 0 amide bonds. The van der Waals surface area contributed by atoms with Crippen LogP contribution in [0.5, 0.6) is 0 Å². The fourth-order valence-corrected chi connectivity index (χ4v) is 3.25. The molecule has 3 heterocycles. The van der Waals surface area contributed by atoms with E-state index in [-0.39, 0.29) is 5.41 Å². The standard InChI is InChI=1S/C19H28N6O/c1-13-22-23-17(26-13)12-24-7-9-25(10-8-24)16-11-15(19(2,3)4)20-18(21-16)14-5-6-14/h11,14H,5-10,12H2,1-4H3. The molecular weight excluding hydrogens is 328 g/mol. The van der Waals surface area contributed by atoms with Crippen LogP contribution in [-0.4, -0.2) is 51.2 Å². The highest BCUT2D eigenvalue weighted by Crippen LogP contribution is 2.39. The predicted molar refractivity (Wildman–Crippen MR) is 99.2 cm³/mol. The first-order chi connectivity index (χ1) is 12.4. The van der Waals surface area contributed by atoms with E-state index in [9.17, 15) is 0 Å². The van der Waals surface area contributed by atoms with E-state index in [2.05, 4.69) is 46.8 Å². The number of hydrogen-bond donors (Lipinski definition) is 0. The van der Waals surface area contributed by atoms with Crippen LogP contribution >= 0.6 is 0 Å². The number of piperazine rings is 1. The van der Waals surface area contributed by atoms with Crippen LogP contribution in [0.25, 0.3) is 0 Å². The monoisotopic (exact) mass is 356 g/mol. The summed E-state index contributed by atoms with van der Waals surface area (Å²) >= 11 is 0. The average molecular weight is 356 g/mol. The van der Waals surface area contributed by atoms with Gasteiger partial charge in [0.2, 0.25) is 11.8 Å². The Morgan fingerprint density at radius 2 is 1.81 bits per heavy atom. The molecule has 7 nitrogen and oxygen atoms in total. The van der Waals surface area contributed by atoms with Gasteiger partial charge in [0, 0.05) is 50.5 Å². The van der Waals surface area contributed by atoms with Crippen molar-refractivity contribution in [3.05, 3.63) is 29.4 Å². The Labute approximate surface area is 154 Å². The molecule has 0 N–H and O–H groups in total. The Morgan fingerprint density at radius 3 is 2.38 bits per heavy atom. The third kappa shape index (κ3) is 3.87. The van der Waals surface area contributed by atoms with Gasteiger partial charge in [-0.1, -0.05) is 20.8 Å². The molecule has 140 valence electrons. The van der Waals surface area contributed by atoms with Crippen LogP contribution in [0, 0.1) is 6.92 Å². The van der Waals surface area contributed by atoms with Crippen molar-refractivity contribution in [2.24, 2.45) is 0 Å². The molecule has 26 heavy (non-hydrogen) atoms. The summed E-state index contributed by atoms with van der Waals surface area (Å²) in [4.78, 5) is 14.5. The van der Waals surface area contributed by atoms with Gasteiger partial charge in [0.25, 0.3) is 0 Å². The van der Waals surface area contributed by atoms with E-state index in [0.29, 0.717) is 17.7 Å². The van der Waals surface area contributed by atoms with E-state index in [1.165, 1.54) is 12.8 Å². The van der Waals surface area contributed by atoms with Gasteiger partial charge in [-0.2, -0.15) is 0 Å². The molecule has 0 spiro atoms. The zero-order valence-corrected chi connectivity index (χ0v) is 16.2. The number of rotatable bonds is 4. The number of aromatic nitrogens is 4. The summed E-state index contributed by atoms with van der Waals surface area (Å²) in [6.45, 7) is 13.1. The van der Waals surface area contributed by atoms with E-state index in [4.69, 9.17) is 14.4 Å². The minimum absolute atomic E-state index is 0.0406. The van der Waals surface area contributed by atoms with Gasteiger partial charge in [0.15, 0.2) is 0 Å². The first-order valence-electron chi connectivity index (χ1n) is 9.54. The van der Waals surface area contributed by atoms with Crippen molar-refractivity contribution in [2.45, 2.75) is 58.4 Å². The second-order valence-electron chi connectivity index (χ2n) is 8.47. The molecule has 0 unspecified atom stereocenters. The van der Waals surface area contributed by atoms with Gasteiger partial charge in [0.05, 0.1) is 12.2 Å². The number of hydrogen-bond acceptors (Lipinski definition) is 7. The van der Waals surface area contributed by atoms with Gasteiger partial charge in [-0.25, -0.2) is 9.97 Å². The molecule has 1 aliphatic heterocycles. The lowest BCUT2D eigenvalue weighted by molar-refractivity contribution is 0.224. The smallest absolute Gasteiger partial charge is 0.230 e. The molecule has 1 saturated heterocycles. The summed E-state index contributed by atoms with van der Waals surface area (Å²) in [5.41, 5.74) is 1.19. The van der Waals surface area contributed by atoms with E-state index < -0.39 is 0 Å². The normalized spacial score (nSPS) is 19.2. The lowest BCUT2D eigenvalue weighted by Crippen LogP contribution is -2.46. The highest BCUT2D eigenvalue weighted by Gasteiger charge is 2.30. The maximum Gasteiger partial charge on any atom is 0.230 e. The minimum atomic E-state index is 0.0406. The quantitative estimate of drug-likeness (QED) is 0.834. The topological polar surface area (TPSA) is 71.2 Å². The lowest BCUT2D eigenvalue weighted by Gasteiger charge is -2.35. The van der Waals surface area contributed by atoms with Gasteiger partial charge in [0.1, 0.15) is 11.6 Å². The van der Waals surface area contributed by atoms with E-state index in [1.807, 2.05) is 6.92 Å². The number of anilines is 1. The van der Waals surface area contributed by atoms with Crippen molar-refractivity contribution in [1.29, 1.82) is 0 Å². The number of nitrogens with zero attached hydrogens (tertiary/aromatic N) is 6. The van der Waals surface area contributed by atoms with Crippen molar-refractivity contribution in [3.63, 3.8) is 0 Å². The zero-order chi connectivity index (χ0) is 18.3. The summed E-state index contributed by atoms with van der Waals surface area (Å²) in [7, 11) is 0. The molecule has 2 fully saturated rings. The van der Waals surface area contributed by atoms with Gasteiger partial charge < -0.3 is 9.32 Å². The fraction of sp³-hybridized carbons (Fsp3) is 0.684. The predicted octanol–water partition coefficient (Wildman–Crippen LogP) is 2.67. The Bertz CT molecular complexity index is 769. The average Bonchev–Trinajstić information content (AvgIpc) is 3.38. The van der Waals surface area contributed by atoms with E-state index >= 15 is 0 Å². The number of aryl methyl sites for hydroxylation is 1. The maximum atomic E-state index is 5.50. The Hall–Kier alpha value is -2.02. The highest BCUT2D eigenvalue weighted by atomic mass is 16.4. The molecule has 2 aliphatic rings. The third-order valence-corrected chi connectivity index (χ3v) is 5.06. The maximum absolute atomic E-state index is 5.50. The summed E-state index contributed by atoms with van der Waals surface area (Å²) in [5, 5.41) is 8.01. The summed E-state index contributed by atoms with van der Waals surface area (Å²) < 4.78 is 5.50. The van der Waals surface area contributed by atoms with Crippen LogP contribution in [0.1, 0.15) is 62.8 Å². The van der Waals surface area contributed by atoms with E-state index in [1.54, 1.807) is 0 Å². The molecule has 0 atom stereocenters. The van der Waals surface area contributed by atoms with Crippen LogP contribution in [0.2, 0.25) is 0 Å². The summed E-state index contributed by atoms with van der Waals surface area (Å²) in [5.74, 6) is 4.01. The van der Waals surface area contributed by atoms with Crippen LogP contribution in [0.4, 0.5) is 5.82 Å². The molecule has 1 saturated carbocycles. The van der Waals surface area contributed by atoms with Gasteiger partial charge in [-0.15, -0.1) is 10.2 Å². The largest absolute Gasteiger partial charge is 0.424 e. The third-order valence-electron chi connectivity index (χ3n) is 5.06. The first kappa shape index (κ1) is 17.4.